The van der Waals surface area contributed by atoms with Crippen LogP contribution in [0.3, 0.4) is 0 Å². The SMILES string of the molecule is C=C1CCN([C@@H](Cc2ccccc2)C(=O)Nc2nccs2)S(=O)(=O)c2ccccc21. The summed E-state index contributed by atoms with van der Waals surface area (Å²) in [4.78, 5) is 17.5. The monoisotopic (exact) mass is 439 g/mol. The van der Waals surface area contributed by atoms with Crippen LogP contribution in [0.2, 0.25) is 0 Å². The highest BCUT2D eigenvalue weighted by molar-refractivity contribution is 7.89. The summed E-state index contributed by atoms with van der Waals surface area (Å²) < 4.78 is 28.5. The van der Waals surface area contributed by atoms with Crippen LogP contribution in [0.5, 0.6) is 0 Å². The van der Waals surface area contributed by atoms with Gasteiger partial charge in [-0.15, -0.1) is 11.3 Å². The molecular weight excluding hydrogens is 418 g/mol. The van der Waals surface area contributed by atoms with Crippen LogP contribution < -0.4 is 5.32 Å². The zero-order valence-electron chi connectivity index (χ0n) is 16.2. The minimum Gasteiger partial charge on any atom is -0.301 e. The Balaban J connectivity index is 1.75. The van der Waals surface area contributed by atoms with Crippen LogP contribution in [0.1, 0.15) is 17.5 Å². The Morgan fingerprint density at radius 1 is 1.17 bits per heavy atom. The van der Waals surface area contributed by atoms with Crippen molar-refractivity contribution in [3.63, 3.8) is 0 Å². The quantitative estimate of drug-likeness (QED) is 0.656. The summed E-state index contributed by atoms with van der Waals surface area (Å²) in [5.41, 5.74) is 2.23. The van der Waals surface area contributed by atoms with Gasteiger partial charge in [0.1, 0.15) is 6.04 Å². The number of aromatic nitrogens is 1. The lowest BCUT2D eigenvalue weighted by Gasteiger charge is -2.29. The van der Waals surface area contributed by atoms with Crippen molar-refractivity contribution in [2.75, 3.05) is 11.9 Å². The van der Waals surface area contributed by atoms with Gasteiger partial charge in [0.25, 0.3) is 0 Å². The molecule has 0 aliphatic carbocycles. The topological polar surface area (TPSA) is 79.4 Å². The summed E-state index contributed by atoms with van der Waals surface area (Å²) >= 11 is 1.29. The molecule has 8 heteroatoms. The molecule has 0 radical (unpaired) electrons. The number of hydrogen-bond acceptors (Lipinski definition) is 5. The Bertz CT molecular complexity index is 1160. The first kappa shape index (κ1) is 20.5. The number of sulfonamides is 1. The number of hydrogen-bond donors (Lipinski definition) is 1. The van der Waals surface area contributed by atoms with E-state index >= 15 is 0 Å². The van der Waals surface area contributed by atoms with E-state index in [2.05, 4.69) is 16.9 Å². The minimum absolute atomic E-state index is 0.179. The van der Waals surface area contributed by atoms with Crippen LogP contribution in [0.15, 0.2) is 77.6 Å². The van der Waals surface area contributed by atoms with Gasteiger partial charge in [-0.3, -0.25) is 4.79 Å². The fourth-order valence-corrected chi connectivity index (χ4v) is 5.93. The summed E-state index contributed by atoms with van der Waals surface area (Å²) in [6, 6.07) is 15.3. The highest BCUT2D eigenvalue weighted by Crippen LogP contribution is 2.33. The van der Waals surface area contributed by atoms with E-state index in [0.29, 0.717) is 17.1 Å². The van der Waals surface area contributed by atoms with Gasteiger partial charge in [0.15, 0.2) is 5.13 Å². The maximum Gasteiger partial charge on any atom is 0.244 e. The smallest absolute Gasteiger partial charge is 0.244 e. The van der Waals surface area contributed by atoms with Crippen LogP contribution in [-0.4, -0.2) is 36.2 Å². The molecule has 154 valence electrons. The van der Waals surface area contributed by atoms with E-state index < -0.39 is 22.0 Å². The minimum atomic E-state index is -3.90. The van der Waals surface area contributed by atoms with Crippen molar-refractivity contribution in [2.24, 2.45) is 0 Å². The van der Waals surface area contributed by atoms with Gasteiger partial charge in [0, 0.05) is 18.1 Å². The number of amides is 1. The molecular formula is C22H21N3O3S2. The fraction of sp³-hybridized carbons (Fsp3) is 0.182. The van der Waals surface area contributed by atoms with Crippen LogP contribution in [-0.2, 0) is 21.2 Å². The van der Waals surface area contributed by atoms with E-state index in [1.807, 2.05) is 30.3 Å². The molecule has 0 spiro atoms. The van der Waals surface area contributed by atoms with Crippen molar-refractivity contribution in [1.82, 2.24) is 9.29 Å². The molecule has 1 N–H and O–H groups in total. The standard InChI is InChI=1S/C22H21N3O3S2/c1-16-11-13-25(30(27,28)20-10-6-5-9-18(16)20)19(15-17-7-3-2-4-8-17)21(26)24-22-23-12-14-29-22/h2-10,12,14,19H,1,11,13,15H2,(H,23,24,26)/t19-/m0/s1. The maximum absolute atomic E-state index is 13.6. The predicted octanol–water partition coefficient (Wildman–Crippen LogP) is 3.80. The summed E-state index contributed by atoms with van der Waals surface area (Å²) in [6.45, 7) is 4.24. The van der Waals surface area contributed by atoms with Gasteiger partial charge in [-0.05, 0) is 35.6 Å². The molecule has 3 aromatic rings. The van der Waals surface area contributed by atoms with E-state index in [1.165, 1.54) is 15.6 Å². The first-order chi connectivity index (χ1) is 14.5. The van der Waals surface area contributed by atoms with Crippen molar-refractivity contribution in [1.29, 1.82) is 0 Å². The Labute approximate surface area is 179 Å². The molecule has 0 saturated heterocycles. The molecule has 2 heterocycles. The number of nitrogens with zero attached hydrogens (tertiary/aromatic N) is 2. The molecule has 0 fully saturated rings. The summed E-state index contributed by atoms with van der Waals surface area (Å²) in [5, 5.41) is 4.97. The van der Waals surface area contributed by atoms with E-state index in [0.717, 1.165) is 11.1 Å². The molecule has 0 bridgehead atoms. The first-order valence-electron chi connectivity index (χ1n) is 9.50. The highest BCUT2D eigenvalue weighted by atomic mass is 32.2. The Kier molecular flexibility index (Phi) is 5.80. The third-order valence-corrected chi connectivity index (χ3v) is 7.73. The zero-order valence-corrected chi connectivity index (χ0v) is 17.8. The van der Waals surface area contributed by atoms with Crippen LogP contribution in [0.4, 0.5) is 5.13 Å². The number of carbonyl (C=O) groups is 1. The normalized spacial score (nSPS) is 17.0. The summed E-state index contributed by atoms with van der Waals surface area (Å²) in [5.74, 6) is -0.401. The van der Waals surface area contributed by atoms with Gasteiger partial charge in [0.2, 0.25) is 15.9 Å². The van der Waals surface area contributed by atoms with Gasteiger partial charge >= 0.3 is 0 Å². The molecule has 1 aliphatic heterocycles. The van der Waals surface area contributed by atoms with E-state index in [-0.39, 0.29) is 17.9 Å². The average molecular weight is 440 g/mol. The second kappa shape index (κ2) is 8.51. The lowest BCUT2D eigenvalue weighted by Crippen LogP contribution is -2.48. The van der Waals surface area contributed by atoms with Crippen molar-refractivity contribution in [2.45, 2.75) is 23.8 Å². The van der Waals surface area contributed by atoms with Gasteiger partial charge < -0.3 is 5.32 Å². The molecule has 6 nitrogen and oxygen atoms in total. The number of fused-ring (bicyclic) bond motifs is 1. The Morgan fingerprint density at radius 2 is 1.90 bits per heavy atom. The molecule has 0 saturated carbocycles. The number of benzene rings is 2. The molecule has 1 amide bonds. The van der Waals surface area contributed by atoms with E-state index in [9.17, 15) is 13.2 Å². The Morgan fingerprint density at radius 3 is 2.63 bits per heavy atom. The molecule has 4 rings (SSSR count). The van der Waals surface area contributed by atoms with Gasteiger partial charge in [-0.25, -0.2) is 13.4 Å². The van der Waals surface area contributed by atoms with Gasteiger partial charge in [-0.2, -0.15) is 4.31 Å². The maximum atomic E-state index is 13.6. The fourth-order valence-electron chi connectivity index (χ4n) is 3.57. The third kappa shape index (κ3) is 4.07. The molecule has 30 heavy (non-hydrogen) atoms. The van der Waals surface area contributed by atoms with E-state index in [1.54, 1.807) is 35.8 Å². The second-order valence-corrected chi connectivity index (χ2v) is 9.75. The van der Waals surface area contributed by atoms with Crippen molar-refractivity contribution in [3.8, 4) is 0 Å². The lowest BCUT2D eigenvalue weighted by molar-refractivity contribution is -0.119. The van der Waals surface area contributed by atoms with Crippen molar-refractivity contribution < 1.29 is 13.2 Å². The number of thiazole rings is 1. The van der Waals surface area contributed by atoms with Gasteiger partial charge in [0.05, 0.1) is 4.90 Å². The first-order valence-corrected chi connectivity index (χ1v) is 11.8. The molecule has 1 aliphatic rings. The molecule has 1 aromatic heterocycles. The second-order valence-electron chi connectivity index (χ2n) is 7.00. The largest absolute Gasteiger partial charge is 0.301 e. The Hall–Kier alpha value is -2.81. The van der Waals surface area contributed by atoms with Crippen LogP contribution in [0.25, 0.3) is 5.57 Å². The van der Waals surface area contributed by atoms with Gasteiger partial charge in [-0.1, -0.05) is 55.1 Å². The molecule has 1 atom stereocenters. The zero-order chi connectivity index (χ0) is 21.1. The van der Waals surface area contributed by atoms with Crippen molar-refractivity contribution in [3.05, 3.63) is 83.9 Å². The lowest BCUT2D eigenvalue weighted by atomic mass is 10.0. The number of carbonyl (C=O) groups excluding carboxylic acids is 1. The summed E-state index contributed by atoms with van der Waals surface area (Å²) in [6.07, 6.45) is 2.30. The number of anilines is 1. The average Bonchev–Trinajstić information content (AvgIpc) is 3.23. The third-order valence-electron chi connectivity index (χ3n) is 5.07. The number of nitrogens with one attached hydrogen (secondary N) is 1. The molecule has 2 aromatic carbocycles. The van der Waals surface area contributed by atoms with Crippen LogP contribution >= 0.6 is 11.3 Å². The molecule has 0 unspecified atom stereocenters. The number of rotatable bonds is 5. The van der Waals surface area contributed by atoms with Crippen LogP contribution in [0, 0.1) is 0 Å². The predicted molar refractivity (Wildman–Crippen MR) is 119 cm³/mol. The van der Waals surface area contributed by atoms with Crippen molar-refractivity contribution >= 4 is 38.0 Å². The summed E-state index contributed by atoms with van der Waals surface area (Å²) in [7, 11) is -3.90. The van der Waals surface area contributed by atoms with E-state index in [4.69, 9.17) is 0 Å². The highest BCUT2D eigenvalue weighted by Gasteiger charge is 2.39.